The van der Waals surface area contributed by atoms with Gasteiger partial charge in [0.2, 0.25) is 0 Å². The van der Waals surface area contributed by atoms with Crippen molar-refractivity contribution in [3.8, 4) is 0 Å². The highest BCUT2D eigenvalue weighted by molar-refractivity contribution is 8.00. The Kier molecular flexibility index (Phi) is 6.54. The number of alkyl halides is 6. The molecule has 39 heavy (non-hydrogen) atoms. The Bertz CT molecular complexity index is 1820. The lowest BCUT2D eigenvalue weighted by Gasteiger charge is -2.34. The Morgan fingerprint density at radius 3 is 1.59 bits per heavy atom. The van der Waals surface area contributed by atoms with Crippen LogP contribution < -0.4 is 11.5 Å². The number of benzene rings is 4. The van der Waals surface area contributed by atoms with Crippen LogP contribution in [0.1, 0.15) is 5.56 Å². The fourth-order valence-electron chi connectivity index (χ4n) is 4.04. The smallest absolute Gasteiger partial charge is 0.398 e. The summed E-state index contributed by atoms with van der Waals surface area (Å²) in [5.74, 6) is 0. The predicted octanol–water partition coefficient (Wildman–Crippen LogP) is 4.56. The van der Waals surface area contributed by atoms with Crippen LogP contribution in [0.4, 0.5) is 37.7 Å². The van der Waals surface area contributed by atoms with Gasteiger partial charge in [-0.3, -0.25) is 0 Å². The molecule has 0 atom stereocenters. The van der Waals surface area contributed by atoms with E-state index in [0.717, 1.165) is 30.3 Å². The molecule has 8 nitrogen and oxygen atoms in total. The zero-order valence-electron chi connectivity index (χ0n) is 19.1. The number of hydrogen-bond donors (Lipinski definition) is 3. The number of aliphatic hydroxyl groups is 1. The van der Waals surface area contributed by atoms with Crippen LogP contribution in [0, 0.1) is 0 Å². The molecule has 16 heteroatoms. The SMILES string of the molecule is Nc1ccc(S(=O)(=O)OS(=O)(=O)c2cc(C(O)(C(F)(F)F)C(F)(F)F)c(N)c3ccccc23)c2ccccc12. The Morgan fingerprint density at radius 2 is 1.08 bits per heavy atom. The molecule has 0 radical (unpaired) electrons. The number of anilines is 2. The van der Waals surface area contributed by atoms with Gasteiger partial charge in [-0.1, -0.05) is 48.5 Å². The van der Waals surface area contributed by atoms with Crippen LogP contribution in [0.3, 0.4) is 0 Å². The van der Waals surface area contributed by atoms with Gasteiger partial charge in [0.25, 0.3) is 5.60 Å². The minimum absolute atomic E-state index is 0.0703. The second-order valence-electron chi connectivity index (χ2n) is 8.26. The van der Waals surface area contributed by atoms with Crippen LogP contribution in [-0.2, 0) is 29.5 Å². The van der Waals surface area contributed by atoms with Gasteiger partial charge in [-0.2, -0.15) is 43.2 Å². The van der Waals surface area contributed by atoms with Crippen molar-refractivity contribution in [1.29, 1.82) is 0 Å². The third-order valence-electron chi connectivity index (χ3n) is 5.89. The van der Waals surface area contributed by atoms with E-state index in [2.05, 4.69) is 3.63 Å². The lowest BCUT2D eigenvalue weighted by Crippen LogP contribution is -2.54. The Hall–Kier alpha value is -3.60. The zero-order chi connectivity index (χ0) is 29.2. The lowest BCUT2D eigenvalue weighted by molar-refractivity contribution is -0.376. The first-order valence-corrected chi connectivity index (χ1v) is 13.3. The maximum absolute atomic E-state index is 13.7. The summed E-state index contributed by atoms with van der Waals surface area (Å²) in [7, 11) is -11.0. The molecule has 0 fully saturated rings. The molecular formula is C23H16F6N2O6S2. The van der Waals surface area contributed by atoms with Crippen molar-refractivity contribution in [1.82, 2.24) is 0 Å². The number of nitrogens with two attached hydrogens (primary N) is 2. The van der Waals surface area contributed by atoms with Crippen LogP contribution in [-0.4, -0.2) is 34.3 Å². The van der Waals surface area contributed by atoms with E-state index in [-0.39, 0.29) is 22.5 Å². The number of nitrogen functional groups attached to an aromatic ring is 2. The summed E-state index contributed by atoms with van der Waals surface area (Å²) in [6, 6.07) is 11.6. The molecular weight excluding hydrogens is 578 g/mol. The van der Waals surface area contributed by atoms with E-state index in [1.807, 2.05) is 0 Å². The van der Waals surface area contributed by atoms with Gasteiger partial charge in [0.15, 0.2) is 0 Å². The summed E-state index contributed by atoms with van der Waals surface area (Å²) < 4.78 is 139. The molecule has 0 saturated heterocycles. The summed E-state index contributed by atoms with van der Waals surface area (Å²) in [6.07, 6.45) is -12.8. The minimum atomic E-state index is -6.42. The van der Waals surface area contributed by atoms with Gasteiger partial charge in [0.1, 0.15) is 9.79 Å². The third-order valence-corrected chi connectivity index (χ3v) is 9.10. The predicted molar refractivity (Wildman–Crippen MR) is 128 cm³/mol. The molecule has 0 aliphatic rings. The molecule has 0 aliphatic heterocycles. The van der Waals surface area contributed by atoms with Crippen molar-refractivity contribution < 1.29 is 51.9 Å². The van der Waals surface area contributed by atoms with Gasteiger partial charge < -0.3 is 16.6 Å². The molecule has 4 aromatic rings. The second kappa shape index (κ2) is 8.97. The highest BCUT2D eigenvalue weighted by atomic mass is 32.3. The fourth-order valence-corrected chi connectivity index (χ4v) is 6.96. The fraction of sp³-hybridized carbons (Fsp3) is 0.130. The van der Waals surface area contributed by atoms with E-state index in [9.17, 15) is 48.3 Å². The Morgan fingerprint density at radius 1 is 0.641 bits per heavy atom. The minimum Gasteiger partial charge on any atom is -0.398 e. The molecule has 0 aromatic heterocycles. The summed E-state index contributed by atoms with van der Waals surface area (Å²) in [4.78, 5) is -2.12. The van der Waals surface area contributed by atoms with E-state index in [1.54, 1.807) is 0 Å². The molecule has 0 unspecified atom stereocenters. The average molecular weight is 595 g/mol. The number of hydrogen-bond acceptors (Lipinski definition) is 8. The van der Waals surface area contributed by atoms with Gasteiger partial charge in [-0.15, -0.1) is 3.63 Å². The molecule has 4 rings (SSSR count). The normalized spacial score (nSPS) is 13.7. The zero-order valence-corrected chi connectivity index (χ0v) is 20.7. The third kappa shape index (κ3) is 4.52. The summed E-state index contributed by atoms with van der Waals surface area (Å²) in [5, 5.41) is 8.85. The molecule has 208 valence electrons. The topological polar surface area (TPSA) is 150 Å². The van der Waals surface area contributed by atoms with Crippen molar-refractivity contribution in [2.75, 3.05) is 11.5 Å². The molecule has 5 N–H and O–H groups in total. The monoisotopic (exact) mass is 594 g/mol. The summed E-state index contributed by atoms with van der Waals surface area (Å²) in [6.45, 7) is 0. The number of rotatable bonds is 5. The Balaban J connectivity index is 1.99. The average Bonchev–Trinajstić information content (AvgIpc) is 2.82. The van der Waals surface area contributed by atoms with Crippen molar-refractivity contribution in [2.24, 2.45) is 0 Å². The Labute approximate surface area is 216 Å². The van der Waals surface area contributed by atoms with E-state index in [1.165, 1.54) is 30.3 Å². The van der Waals surface area contributed by atoms with Gasteiger partial charge in [-0.05, 0) is 18.2 Å². The van der Waals surface area contributed by atoms with Crippen molar-refractivity contribution in [2.45, 2.75) is 27.7 Å². The highest BCUT2D eigenvalue weighted by Gasteiger charge is 2.72. The van der Waals surface area contributed by atoms with Crippen LogP contribution in [0.2, 0.25) is 0 Å². The highest BCUT2D eigenvalue weighted by Crippen LogP contribution is 2.53. The number of fused-ring (bicyclic) bond motifs is 2. The van der Waals surface area contributed by atoms with Crippen molar-refractivity contribution in [3.05, 3.63) is 72.3 Å². The number of halogens is 6. The summed E-state index contributed by atoms with van der Waals surface area (Å²) in [5.41, 5.74) is 2.58. The molecule has 0 bridgehead atoms. The van der Waals surface area contributed by atoms with Crippen LogP contribution in [0.25, 0.3) is 21.5 Å². The van der Waals surface area contributed by atoms with Crippen molar-refractivity contribution in [3.63, 3.8) is 0 Å². The second-order valence-corrected chi connectivity index (χ2v) is 11.5. The first-order valence-electron chi connectivity index (χ1n) is 10.5. The van der Waals surface area contributed by atoms with Crippen LogP contribution in [0.5, 0.6) is 0 Å². The molecule has 0 spiro atoms. The van der Waals surface area contributed by atoms with E-state index in [4.69, 9.17) is 11.5 Å². The van der Waals surface area contributed by atoms with Gasteiger partial charge in [0, 0.05) is 38.5 Å². The first-order chi connectivity index (χ1) is 17.8. The largest absolute Gasteiger partial charge is 0.430 e. The van der Waals surface area contributed by atoms with Crippen LogP contribution in [0.15, 0.2) is 76.5 Å². The maximum Gasteiger partial charge on any atom is 0.430 e. The molecule has 0 aliphatic carbocycles. The van der Waals surface area contributed by atoms with E-state index in [0.29, 0.717) is 0 Å². The standard InChI is InChI=1S/C23H16F6N2O6S2/c24-22(25,26)21(32,23(27,28)29)16-11-19(14-7-3-4-8-15(14)20(16)31)39(35,36)37-38(33,34)18-10-9-17(30)12-5-1-2-6-13(12)18/h1-11,32H,30-31H2. The quantitative estimate of drug-likeness (QED) is 0.225. The van der Waals surface area contributed by atoms with Gasteiger partial charge in [-0.25, -0.2) is 0 Å². The summed E-state index contributed by atoms with van der Waals surface area (Å²) >= 11 is 0. The van der Waals surface area contributed by atoms with E-state index >= 15 is 0 Å². The molecule has 0 saturated carbocycles. The van der Waals surface area contributed by atoms with Crippen molar-refractivity contribution >= 4 is 53.2 Å². The van der Waals surface area contributed by atoms with Gasteiger partial charge >= 0.3 is 32.6 Å². The first kappa shape index (κ1) is 28.4. The van der Waals surface area contributed by atoms with Gasteiger partial charge in [0.05, 0.1) is 0 Å². The molecule has 4 aromatic carbocycles. The molecule has 0 heterocycles. The molecule has 0 amide bonds. The van der Waals surface area contributed by atoms with E-state index < -0.39 is 70.0 Å². The van der Waals surface area contributed by atoms with Crippen LogP contribution >= 0.6 is 0 Å². The maximum atomic E-state index is 13.7. The lowest BCUT2D eigenvalue weighted by atomic mass is 9.88.